The number of aromatic nitrogens is 5. The number of nitrogens with one attached hydrogen (secondary N) is 1. The van der Waals surface area contributed by atoms with E-state index in [1.807, 2.05) is 11.0 Å². The van der Waals surface area contributed by atoms with Crippen LogP contribution in [0.4, 0.5) is 8.78 Å². The van der Waals surface area contributed by atoms with Crippen molar-refractivity contribution in [2.75, 3.05) is 13.1 Å². The standard InChI is InChI=1S/C26H28F2N6O/c1-14-29-23(33-30-14)24(35)34-11-5-6-15(13-34)26-10-9-17(25(26,2)3)16-12-20(31-32-22(16)26)21-18(27)7-4-8-19(21)28/h4,7-8,12,15,17H,5-6,9-11,13H2,1-3H3,(H,29,30,33)/t15-,17-,26?/m0/s1. The number of carbonyl (C=O) groups is 1. The molecule has 2 aliphatic carbocycles. The van der Waals surface area contributed by atoms with Crippen molar-refractivity contribution in [1.82, 2.24) is 30.3 Å². The molecule has 1 aliphatic heterocycles. The first kappa shape index (κ1) is 22.2. The quantitative estimate of drug-likeness (QED) is 0.597. The number of aromatic amines is 1. The van der Waals surface area contributed by atoms with Crippen molar-refractivity contribution in [3.05, 3.63) is 58.8 Å². The average molecular weight is 479 g/mol. The molecule has 2 fully saturated rings. The van der Waals surface area contributed by atoms with Gasteiger partial charge in [0.2, 0.25) is 5.82 Å². The summed E-state index contributed by atoms with van der Waals surface area (Å²) in [4.78, 5) is 19.2. The fourth-order valence-electron chi connectivity index (χ4n) is 7.30. The van der Waals surface area contributed by atoms with Gasteiger partial charge in [0.25, 0.3) is 5.91 Å². The van der Waals surface area contributed by atoms with Gasteiger partial charge >= 0.3 is 0 Å². The van der Waals surface area contributed by atoms with Crippen molar-refractivity contribution in [3.8, 4) is 11.3 Å². The van der Waals surface area contributed by atoms with Crippen LogP contribution in [-0.4, -0.2) is 49.3 Å². The van der Waals surface area contributed by atoms with Crippen LogP contribution in [0.25, 0.3) is 11.3 Å². The van der Waals surface area contributed by atoms with Crippen LogP contribution < -0.4 is 0 Å². The van der Waals surface area contributed by atoms with Crippen LogP contribution in [0.1, 0.15) is 73.1 Å². The van der Waals surface area contributed by atoms with Gasteiger partial charge in [0.1, 0.15) is 17.5 Å². The van der Waals surface area contributed by atoms with E-state index in [9.17, 15) is 13.6 Å². The van der Waals surface area contributed by atoms with Gasteiger partial charge in [0.15, 0.2) is 0 Å². The molecule has 0 radical (unpaired) electrons. The first-order valence-electron chi connectivity index (χ1n) is 12.2. The van der Waals surface area contributed by atoms with Gasteiger partial charge in [-0.05, 0) is 73.6 Å². The molecule has 1 aromatic carbocycles. The number of hydrogen-bond donors (Lipinski definition) is 1. The Morgan fingerprint density at radius 2 is 1.94 bits per heavy atom. The van der Waals surface area contributed by atoms with Gasteiger partial charge in [0, 0.05) is 18.5 Å². The van der Waals surface area contributed by atoms with Crippen molar-refractivity contribution in [2.24, 2.45) is 11.3 Å². The fourth-order valence-corrected chi connectivity index (χ4v) is 7.30. The Balaban J connectivity index is 1.39. The third-order valence-corrected chi connectivity index (χ3v) is 8.89. The van der Waals surface area contributed by atoms with Crippen LogP contribution in [-0.2, 0) is 5.41 Å². The molecule has 3 aliphatic rings. The highest BCUT2D eigenvalue weighted by atomic mass is 19.1. The van der Waals surface area contributed by atoms with Crippen LogP contribution in [0.3, 0.4) is 0 Å². The van der Waals surface area contributed by atoms with Crippen molar-refractivity contribution in [3.63, 3.8) is 0 Å². The molecule has 3 atom stereocenters. The molecule has 7 nitrogen and oxygen atoms in total. The Bertz CT molecular complexity index is 1320. The van der Waals surface area contributed by atoms with E-state index in [0.717, 1.165) is 36.9 Å². The molecule has 1 N–H and O–H groups in total. The van der Waals surface area contributed by atoms with E-state index in [-0.39, 0.29) is 45.7 Å². The number of aryl methyl sites for hydroxylation is 1. The summed E-state index contributed by atoms with van der Waals surface area (Å²) in [6.45, 7) is 7.59. The highest BCUT2D eigenvalue weighted by Crippen LogP contribution is 2.70. The summed E-state index contributed by atoms with van der Waals surface area (Å²) in [6, 6.07) is 5.69. The Labute approximate surface area is 202 Å². The van der Waals surface area contributed by atoms with E-state index in [2.05, 4.69) is 39.2 Å². The van der Waals surface area contributed by atoms with Crippen molar-refractivity contribution in [1.29, 1.82) is 0 Å². The van der Waals surface area contributed by atoms with Crippen LogP contribution in [0.2, 0.25) is 0 Å². The molecule has 182 valence electrons. The van der Waals surface area contributed by atoms with E-state index in [4.69, 9.17) is 0 Å². The molecule has 9 heteroatoms. The van der Waals surface area contributed by atoms with E-state index in [1.54, 1.807) is 6.92 Å². The summed E-state index contributed by atoms with van der Waals surface area (Å²) in [5, 5.41) is 15.8. The molecule has 3 aromatic rings. The summed E-state index contributed by atoms with van der Waals surface area (Å²) >= 11 is 0. The molecule has 35 heavy (non-hydrogen) atoms. The van der Waals surface area contributed by atoms with Gasteiger partial charge in [-0.15, -0.1) is 0 Å². The number of nitrogens with zero attached hydrogens (tertiary/aromatic N) is 5. The zero-order valence-corrected chi connectivity index (χ0v) is 20.1. The second kappa shape index (κ2) is 7.63. The van der Waals surface area contributed by atoms with Gasteiger partial charge < -0.3 is 4.90 Å². The topological polar surface area (TPSA) is 87.7 Å². The number of amides is 1. The van der Waals surface area contributed by atoms with Gasteiger partial charge in [-0.25, -0.2) is 13.8 Å². The molecular formula is C26H28F2N6O. The van der Waals surface area contributed by atoms with Crippen molar-refractivity contribution >= 4 is 5.91 Å². The van der Waals surface area contributed by atoms with Gasteiger partial charge in [-0.1, -0.05) is 19.9 Å². The lowest BCUT2D eigenvalue weighted by atomic mass is 9.59. The molecular weight excluding hydrogens is 450 g/mol. The third-order valence-electron chi connectivity index (χ3n) is 8.89. The predicted molar refractivity (Wildman–Crippen MR) is 125 cm³/mol. The number of benzene rings is 1. The fraction of sp³-hybridized carbons (Fsp3) is 0.500. The van der Waals surface area contributed by atoms with Crippen LogP contribution in [0.15, 0.2) is 24.3 Å². The number of piperidine rings is 1. The van der Waals surface area contributed by atoms with Crippen molar-refractivity contribution < 1.29 is 13.6 Å². The summed E-state index contributed by atoms with van der Waals surface area (Å²) in [6.07, 6.45) is 3.83. The molecule has 1 unspecified atom stereocenters. The highest BCUT2D eigenvalue weighted by molar-refractivity contribution is 5.90. The zero-order chi connectivity index (χ0) is 24.5. The number of likely N-dealkylation sites (tertiary alicyclic amines) is 1. The second-order valence-corrected chi connectivity index (χ2v) is 10.7. The Kier molecular flexibility index (Phi) is 4.85. The first-order valence-corrected chi connectivity index (χ1v) is 12.2. The number of H-pyrrole nitrogens is 1. The Morgan fingerprint density at radius 3 is 2.66 bits per heavy atom. The lowest BCUT2D eigenvalue weighted by Gasteiger charge is -2.48. The number of fused-ring (bicyclic) bond motifs is 5. The maximum atomic E-state index is 14.5. The molecule has 1 saturated carbocycles. The van der Waals surface area contributed by atoms with Crippen LogP contribution in [0, 0.1) is 29.9 Å². The monoisotopic (exact) mass is 478 g/mol. The molecule has 2 bridgehead atoms. The summed E-state index contributed by atoms with van der Waals surface area (Å²) in [5.41, 5.74) is 1.73. The van der Waals surface area contributed by atoms with Gasteiger partial charge in [-0.3, -0.25) is 9.89 Å². The van der Waals surface area contributed by atoms with Crippen molar-refractivity contribution in [2.45, 2.75) is 57.8 Å². The normalized spacial score (nSPS) is 26.7. The average Bonchev–Trinajstić information content (AvgIpc) is 3.45. The first-order chi connectivity index (χ1) is 16.7. The third kappa shape index (κ3) is 3.02. The minimum Gasteiger partial charge on any atom is -0.336 e. The molecule has 3 heterocycles. The number of halogens is 2. The minimum absolute atomic E-state index is 0.115. The molecule has 0 spiro atoms. The zero-order valence-electron chi connectivity index (χ0n) is 20.1. The summed E-state index contributed by atoms with van der Waals surface area (Å²) in [7, 11) is 0. The van der Waals surface area contributed by atoms with E-state index < -0.39 is 11.6 Å². The molecule has 6 rings (SSSR count). The largest absolute Gasteiger partial charge is 0.336 e. The lowest BCUT2D eigenvalue weighted by Crippen LogP contribution is -2.51. The highest BCUT2D eigenvalue weighted by Gasteiger charge is 2.66. The second-order valence-electron chi connectivity index (χ2n) is 10.7. The van der Waals surface area contributed by atoms with E-state index in [1.165, 1.54) is 18.2 Å². The minimum atomic E-state index is -0.638. The van der Waals surface area contributed by atoms with E-state index >= 15 is 0 Å². The van der Waals surface area contributed by atoms with Gasteiger partial charge in [-0.2, -0.15) is 15.3 Å². The molecule has 1 amide bonds. The Hall–Kier alpha value is -3.23. The summed E-state index contributed by atoms with van der Waals surface area (Å²) in [5.74, 6) is -0.162. The number of hydrogen-bond acceptors (Lipinski definition) is 5. The predicted octanol–water partition coefficient (Wildman–Crippen LogP) is 4.56. The van der Waals surface area contributed by atoms with Crippen LogP contribution in [0.5, 0.6) is 0 Å². The maximum Gasteiger partial charge on any atom is 0.291 e. The number of rotatable bonds is 3. The summed E-state index contributed by atoms with van der Waals surface area (Å²) < 4.78 is 29.0. The number of carbonyl (C=O) groups excluding carboxylic acids is 1. The Morgan fingerprint density at radius 1 is 1.17 bits per heavy atom. The molecule has 1 saturated heterocycles. The van der Waals surface area contributed by atoms with E-state index in [0.29, 0.717) is 18.9 Å². The maximum absolute atomic E-state index is 14.5. The van der Waals surface area contributed by atoms with Gasteiger partial charge in [0.05, 0.1) is 17.0 Å². The SMILES string of the molecule is Cc1n[nH]c(C(=O)N2CCC[C@H](C34CC[C@@H](c5cc(-c6c(F)cccc6F)nnc53)C4(C)C)C2)n1. The molecule has 2 aromatic heterocycles. The van der Waals surface area contributed by atoms with Crippen LogP contribution >= 0.6 is 0 Å². The smallest absolute Gasteiger partial charge is 0.291 e. The lowest BCUT2D eigenvalue weighted by molar-refractivity contribution is 0.0415.